The number of hydrogen-bond donors (Lipinski definition) is 1. The second-order valence-corrected chi connectivity index (χ2v) is 7.91. The first kappa shape index (κ1) is 20.2. The monoisotopic (exact) mass is 421 g/mol. The molecule has 1 aromatic heterocycles. The van der Waals surface area contributed by atoms with Crippen LogP contribution in [0.15, 0.2) is 60.0 Å². The van der Waals surface area contributed by atoms with Crippen molar-refractivity contribution in [3.8, 4) is 5.69 Å². The molecule has 0 atom stereocenters. The lowest BCUT2D eigenvalue weighted by Crippen LogP contribution is -2.26. The number of thioether (sulfide) groups is 1. The van der Waals surface area contributed by atoms with Crippen molar-refractivity contribution in [2.45, 2.75) is 31.3 Å². The van der Waals surface area contributed by atoms with Gasteiger partial charge in [-0.2, -0.15) is 0 Å². The van der Waals surface area contributed by atoms with E-state index >= 15 is 0 Å². The molecular formula is C22H23N5O2S. The van der Waals surface area contributed by atoms with Crippen LogP contribution in [-0.4, -0.2) is 38.9 Å². The Hall–Kier alpha value is -3.13. The van der Waals surface area contributed by atoms with Crippen LogP contribution in [0.2, 0.25) is 0 Å². The van der Waals surface area contributed by atoms with Gasteiger partial charge in [-0.25, -0.2) is 0 Å². The van der Waals surface area contributed by atoms with Gasteiger partial charge >= 0.3 is 0 Å². The van der Waals surface area contributed by atoms with Gasteiger partial charge in [-0.05, 0) is 36.6 Å². The topological polar surface area (TPSA) is 80.1 Å². The number of rotatable bonds is 7. The number of nitrogens with one attached hydrogen (secondary N) is 1. The molecule has 1 aliphatic heterocycles. The zero-order valence-electron chi connectivity index (χ0n) is 16.7. The van der Waals surface area contributed by atoms with Gasteiger partial charge in [0.25, 0.3) is 0 Å². The van der Waals surface area contributed by atoms with E-state index in [4.69, 9.17) is 0 Å². The SMILES string of the molecule is CCc1ccccc1-n1cnnc1SCC(=O)Nc1ccccc1N1CCCC1=O. The number of nitrogens with zero attached hydrogens (tertiary/aromatic N) is 4. The minimum absolute atomic E-state index is 0.0914. The largest absolute Gasteiger partial charge is 0.324 e. The van der Waals surface area contributed by atoms with Crippen molar-refractivity contribution in [2.24, 2.45) is 0 Å². The van der Waals surface area contributed by atoms with E-state index < -0.39 is 0 Å². The first-order valence-electron chi connectivity index (χ1n) is 9.97. The third-order valence-electron chi connectivity index (χ3n) is 5.02. The molecule has 2 aromatic carbocycles. The van der Waals surface area contributed by atoms with Crippen molar-refractivity contribution in [3.05, 3.63) is 60.4 Å². The molecule has 1 N–H and O–H groups in total. The average molecular weight is 422 g/mol. The first-order chi connectivity index (χ1) is 14.7. The number of hydrogen-bond acceptors (Lipinski definition) is 5. The first-order valence-corrected chi connectivity index (χ1v) is 11.0. The fourth-order valence-electron chi connectivity index (χ4n) is 3.57. The fourth-order valence-corrected chi connectivity index (χ4v) is 4.29. The fraction of sp³-hybridized carbons (Fsp3) is 0.273. The van der Waals surface area contributed by atoms with Crippen LogP contribution < -0.4 is 10.2 Å². The maximum absolute atomic E-state index is 12.6. The van der Waals surface area contributed by atoms with Gasteiger partial charge in [0, 0.05) is 13.0 Å². The molecule has 3 aromatic rings. The van der Waals surface area contributed by atoms with Gasteiger partial charge in [0.05, 0.1) is 22.8 Å². The van der Waals surface area contributed by atoms with Gasteiger partial charge in [-0.1, -0.05) is 49.0 Å². The third kappa shape index (κ3) is 4.23. The second kappa shape index (κ2) is 9.13. The van der Waals surface area contributed by atoms with Crippen LogP contribution in [0.5, 0.6) is 0 Å². The van der Waals surface area contributed by atoms with Crippen LogP contribution in [0, 0.1) is 0 Å². The summed E-state index contributed by atoms with van der Waals surface area (Å²) in [6.45, 7) is 2.78. The summed E-state index contributed by atoms with van der Waals surface area (Å²) in [5, 5.41) is 11.8. The van der Waals surface area contributed by atoms with Gasteiger partial charge in [0.1, 0.15) is 6.33 Å². The molecule has 154 valence electrons. The summed E-state index contributed by atoms with van der Waals surface area (Å²) in [6.07, 6.45) is 3.95. The smallest absolute Gasteiger partial charge is 0.234 e. The van der Waals surface area contributed by atoms with Crippen LogP contribution in [0.3, 0.4) is 0 Å². The predicted octanol–water partition coefficient (Wildman–Crippen LogP) is 3.69. The molecule has 1 saturated heterocycles. The summed E-state index contributed by atoms with van der Waals surface area (Å²) in [5.41, 5.74) is 3.60. The molecular weight excluding hydrogens is 398 g/mol. The highest BCUT2D eigenvalue weighted by Crippen LogP contribution is 2.30. The zero-order chi connectivity index (χ0) is 20.9. The van der Waals surface area contributed by atoms with Crippen LogP contribution in [0.25, 0.3) is 5.69 Å². The van der Waals surface area contributed by atoms with Gasteiger partial charge in [-0.15, -0.1) is 10.2 Å². The Morgan fingerprint density at radius 2 is 1.90 bits per heavy atom. The maximum atomic E-state index is 12.6. The molecule has 2 heterocycles. The van der Waals surface area contributed by atoms with Crippen LogP contribution in [-0.2, 0) is 16.0 Å². The molecule has 0 unspecified atom stereocenters. The molecule has 0 spiro atoms. The van der Waals surface area contributed by atoms with Gasteiger partial charge in [-0.3, -0.25) is 14.2 Å². The lowest BCUT2D eigenvalue weighted by molar-refractivity contribution is -0.117. The van der Waals surface area contributed by atoms with E-state index in [1.165, 1.54) is 17.3 Å². The summed E-state index contributed by atoms with van der Waals surface area (Å²) in [4.78, 5) is 26.5. The van der Waals surface area contributed by atoms with Crippen molar-refractivity contribution in [2.75, 3.05) is 22.5 Å². The van der Waals surface area contributed by atoms with Crippen LogP contribution >= 0.6 is 11.8 Å². The molecule has 0 saturated carbocycles. The Labute approximate surface area is 179 Å². The Bertz CT molecular complexity index is 1060. The van der Waals surface area contributed by atoms with Crippen LogP contribution in [0.1, 0.15) is 25.3 Å². The molecule has 30 heavy (non-hydrogen) atoms. The average Bonchev–Trinajstić information content (AvgIpc) is 3.41. The van der Waals surface area contributed by atoms with E-state index in [1.54, 1.807) is 11.2 Å². The lowest BCUT2D eigenvalue weighted by atomic mass is 10.1. The zero-order valence-corrected chi connectivity index (χ0v) is 17.6. The lowest BCUT2D eigenvalue weighted by Gasteiger charge is -2.19. The van der Waals surface area contributed by atoms with Crippen molar-refractivity contribution in [1.29, 1.82) is 0 Å². The number of amides is 2. The van der Waals surface area contributed by atoms with Crippen molar-refractivity contribution in [3.63, 3.8) is 0 Å². The number of anilines is 2. The number of benzene rings is 2. The summed E-state index contributed by atoms with van der Waals surface area (Å²) < 4.78 is 1.91. The highest BCUT2D eigenvalue weighted by Gasteiger charge is 2.24. The number of carbonyl (C=O) groups excluding carboxylic acids is 2. The van der Waals surface area contributed by atoms with E-state index in [-0.39, 0.29) is 17.6 Å². The standard InChI is InChI=1S/C22H23N5O2S/c1-2-16-8-3-5-10-18(16)27-15-23-25-22(27)30-14-20(28)24-17-9-4-6-11-19(17)26-13-7-12-21(26)29/h3-6,8-11,15H,2,7,12-14H2,1H3,(H,24,28). The van der Waals surface area contributed by atoms with Crippen molar-refractivity contribution < 1.29 is 9.59 Å². The Kier molecular flexibility index (Phi) is 6.13. The predicted molar refractivity (Wildman–Crippen MR) is 118 cm³/mol. The molecule has 8 heteroatoms. The minimum Gasteiger partial charge on any atom is -0.324 e. The molecule has 7 nitrogen and oxygen atoms in total. The maximum Gasteiger partial charge on any atom is 0.234 e. The van der Waals surface area contributed by atoms with E-state index in [0.717, 1.165) is 24.2 Å². The normalized spacial score (nSPS) is 13.6. The van der Waals surface area contributed by atoms with Crippen molar-refractivity contribution >= 4 is 35.0 Å². The third-order valence-corrected chi connectivity index (χ3v) is 5.97. The van der Waals surface area contributed by atoms with E-state index in [0.29, 0.717) is 23.8 Å². The van der Waals surface area contributed by atoms with Gasteiger partial charge < -0.3 is 10.2 Å². The number of para-hydroxylation sites is 3. The van der Waals surface area contributed by atoms with E-state index in [2.05, 4.69) is 28.5 Å². The molecule has 2 amide bonds. The Morgan fingerprint density at radius 1 is 1.13 bits per heavy atom. The highest BCUT2D eigenvalue weighted by molar-refractivity contribution is 7.99. The van der Waals surface area contributed by atoms with Gasteiger partial charge in [0.15, 0.2) is 5.16 Å². The molecule has 1 fully saturated rings. The quantitative estimate of drug-likeness (QED) is 0.589. The Morgan fingerprint density at radius 3 is 2.67 bits per heavy atom. The van der Waals surface area contributed by atoms with E-state index in [1.807, 2.05) is 47.0 Å². The molecule has 4 rings (SSSR count). The van der Waals surface area contributed by atoms with Crippen LogP contribution in [0.4, 0.5) is 11.4 Å². The number of aromatic nitrogens is 3. The number of aryl methyl sites for hydroxylation is 1. The molecule has 0 bridgehead atoms. The summed E-state index contributed by atoms with van der Waals surface area (Å²) in [5.74, 6) is 0.126. The second-order valence-electron chi connectivity index (χ2n) is 6.97. The summed E-state index contributed by atoms with van der Waals surface area (Å²) in [7, 11) is 0. The van der Waals surface area contributed by atoms with Gasteiger partial charge in [0.2, 0.25) is 11.8 Å². The molecule has 1 aliphatic rings. The summed E-state index contributed by atoms with van der Waals surface area (Å²) in [6, 6.07) is 15.5. The molecule has 0 aliphatic carbocycles. The number of carbonyl (C=O) groups is 2. The molecule has 0 radical (unpaired) electrons. The van der Waals surface area contributed by atoms with Crippen molar-refractivity contribution in [1.82, 2.24) is 14.8 Å². The minimum atomic E-state index is -0.155. The van der Waals surface area contributed by atoms with E-state index in [9.17, 15) is 9.59 Å². The summed E-state index contributed by atoms with van der Waals surface area (Å²) >= 11 is 1.33. The Balaban J connectivity index is 1.45. The highest BCUT2D eigenvalue weighted by atomic mass is 32.2.